The lowest BCUT2D eigenvalue weighted by molar-refractivity contribution is -0.144. The van der Waals surface area contributed by atoms with E-state index in [0.29, 0.717) is 11.3 Å². The minimum absolute atomic E-state index is 0.00883. The molecule has 1 atom stereocenters. The van der Waals surface area contributed by atoms with Crippen molar-refractivity contribution in [1.82, 2.24) is 34.3 Å². The molecule has 0 aliphatic rings. The van der Waals surface area contributed by atoms with E-state index in [4.69, 9.17) is 5.73 Å². The Bertz CT molecular complexity index is 1680. The van der Waals surface area contributed by atoms with Crippen molar-refractivity contribution in [2.24, 2.45) is 0 Å². The van der Waals surface area contributed by atoms with E-state index in [1.807, 2.05) is 0 Å². The minimum atomic E-state index is -4.74. The van der Waals surface area contributed by atoms with Crippen LogP contribution in [0.25, 0.3) is 22.3 Å². The number of alkyl halides is 3. The molecule has 9 nitrogen and oxygen atoms in total. The van der Waals surface area contributed by atoms with E-state index in [1.54, 1.807) is 6.92 Å². The monoisotopic (exact) mass is 511 g/mol. The van der Waals surface area contributed by atoms with Crippen molar-refractivity contribution in [2.75, 3.05) is 5.73 Å². The second-order valence-corrected chi connectivity index (χ2v) is 7.98. The first kappa shape index (κ1) is 23.8. The summed E-state index contributed by atoms with van der Waals surface area (Å²) >= 11 is 0. The zero-order valence-electron chi connectivity index (χ0n) is 18.7. The van der Waals surface area contributed by atoms with Crippen LogP contribution in [0.15, 0.2) is 49.3 Å². The standard InChI is InChI=1S/C23H14F5N9/c1-11(13-8-34-36(9-13)17-3-2-14(24)4-16(17)25)19-15(5-29)18(20-21(30)33-10-35-37(19)20)12-6-31-22(32-7-12)23(26,27)28/h2-4,6-11H,1H3,(H2,30,33,35). The normalized spacial score (nSPS) is 12.6. The van der Waals surface area contributed by atoms with Crippen molar-refractivity contribution in [1.29, 1.82) is 5.26 Å². The SMILES string of the molecule is CC(c1cnn(-c2ccc(F)cc2F)c1)c1c(C#N)c(-c2cnc(C(F)(F)F)nc2)c2c(N)ncnn12. The zero-order valence-corrected chi connectivity index (χ0v) is 18.7. The number of nitriles is 1. The summed E-state index contributed by atoms with van der Waals surface area (Å²) in [6.45, 7) is 1.73. The number of fused-ring (bicyclic) bond motifs is 1. The third-order valence-corrected chi connectivity index (χ3v) is 5.76. The van der Waals surface area contributed by atoms with Crippen LogP contribution in [-0.2, 0) is 6.18 Å². The quantitative estimate of drug-likeness (QED) is 0.357. The second kappa shape index (κ2) is 8.63. The van der Waals surface area contributed by atoms with Crippen LogP contribution in [0.5, 0.6) is 0 Å². The first-order valence-corrected chi connectivity index (χ1v) is 10.5. The fourth-order valence-electron chi connectivity index (χ4n) is 4.05. The Kier molecular flexibility index (Phi) is 5.55. The number of anilines is 1. The van der Waals surface area contributed by atoms with Crippen molar-refractivity contribution in [3.05, 3.63) is 83.6 Å². The van der Waals surface area contributed by atoms with E-state index in [1.165, 1.54) is 34.0 Å². The van der Waals surface area contributed by atoms with E-state index in [2.05, 4.69) is 31.2 Å². The summed E-state index contributed by atoms with van der Waals surface area (Å²) in [5, 5.41) is 18.5. The summed E-state index contributed by atoms with van der Waals surface area (Å²) in [6, 6.07) is 5.13. The fourth-order valence-corrected chi connectivity index (χ4v) is 4.05. The second-order valence-electron chi connectivity index (χ2n) is 7.98. The summed E-state index contributed by atoms with van der Waals surface area (Å²) in [5.41, 5.74) is 7.47. The molecule has 4 aromatic heterocycles. The maximum Gasteiger partial charge on any atom is 0.451 e. The van der Waals surface area contributed by atoms with Crippen LogP contribution in [0.4, 0.5) is 27.8 Å². The molecule has 1 aromatic carbocycles. The lowest BCUT2D eigenvalue weighted by atomic mass is 9.95. The molecule has 5 aromatic rings. The topological polar surface area (TPSA) is 124 Å². The Hall–Kier alpha value is -4.93. The maximum atomic E-state index is 14.3. The Balaban J connectivity index is 1.67. The number of rotatable bonds is 4. The van der Waals surface area contributed by atoms with E-state index in [-0.39, 0.29) is 33.7 Å². The van der Waals surface area contributed by atoms with Crippen molar-refractivity contribution < 1.29 is 22.0 Å². The van der Waals surface area contributed by atoms with Crippen LogP contribution in [-0.4, -0.2) is 34.3 Å². The van der Waals surface area contributed by atoms with Crippen molar-refractivity contribution >= 4 is 11.3 Å². The number of nitrogens with two attached hydrogens (primary N) is 1. The van der Waals surface area contributed by atoms with Crippen LogP contribution in [0.3, 0.4) is 0 Å². The summed E-state index contributed by atoms with van der Waals surface area (Å²) in [7, 11) is 0. The molecule has 0 saturated heterocycles. The lowest BCUT2D eigenvalue weighted by Gasteiger charge is -2.10. The highest BCUT2D eigenvalue weighted by atomic mass is 19.4. The van der Waals surface area contributed by atoms with Gasteiger partial charge in [-0.05, 0) is 17.7 Å². The average Bonchev–Trinajstić information content (AvgIpc) is 3.47. The Morgan fingerprint density at radius 3 is 2.43 bits per heavy atom. The molecule has 0 aliphatic carbocycles. The molecule has 4 heterocycles. The van der Waals surface area contributed by atoms with Crippen molar-refractivity contribution in [3.63, 3.8) is 0 Å². The molecule has 37 heavy (non-hydrogen) atoms. The fraction of sp³-hybridized carbons (Fsp3) is 0.130. The van der Waals surface area contributed by atoms with Gasteiger partial charge in [0.25, 0.3) is 0 Å². The van der Waals surface area contributed by atoms with Crippen LogP contribution in [0, 0.1) is 23.0 Å². The van der Waals surface area contributed by atoms with Crippen molar-refractivity contribution in [2.45, 2.75) is 19.0 Å². The molecule has 0 fully saturated rings. The third kappa shape index (κ3) is 3.99. The molecule has 2 N–H and O–H groups in total. The van der Waals surface area contributed by atoms with Crippen LogP contribution >= 0.6 is 0 Å². The van der Waals surface area contributed by atoms with Gasteiger partial charge in [-0.25, -0.2) is 32.9 Å². The van der Waals surface area contributed by atoms with Gasteiger partial charge in [-0.2, -0.15) is 28.6 Å². The number of halogens is 5. The van der Waals surface area contributed by atoms with Crippen molar-refractivity contribution in [3.8, 4) is 22.9 Å². The first-order chi connectivity index (χ1) is 17.6. The molecule has 5 rings (SSSR count). The van der Waals surface area contributed by atoms with E-state index < -0.39 is 29.6 Å². The van der Waals surface area contributed by atoms with E-state index in [0.717, 1.165) is 24.5 Å². The highest BCUT2D eigenvalue weighted by molar-refractivity contribution is 5.92. The molecule has 1 unspecified atom stereocenters. The average molecular weight is 511 g/mol. The molecule has 0 amide bonds. The van der Waals surface area contributed by atoms with Gasteiger partial charge in [0.05, 0.1) is 17.5 Å². The maximum absolute atomic E-state index is 14.3. The van der Waals surface area contributed by atoms with Crippen LogP contribution in [0.2, 0.25) is 0 Å². The highest BCUT2D eigenvalue weighted by Crippen LogP contribution is 2.39. The number of nitrogens with zero attached hydrogens (tertiary/aromatic N) is 8. The molecule has 14 heteroatoms. The minimum Gasteiger partial charge on any atom is -0.382 e. The number of hydrogen-bond acceptors (Lipinski definition) is 7. The highest BCUT2D eigenvalue weighted by Gasteiger charge is 2.35. The molecule has 186 valence electrons. The predicted octanol–water partition coefficient (Wildman–Crippen LogP) is 4.27. The van der Waals surface area contributed by atoms with Crippen LogP contribution < -0.4 is 5.73 Å². The zero-order chi connectivity index (χ0) is 26.5. The number of hydrogen-bond donors (Lipinski definition) is 1. The van der Waals surface area contributed by atoms with Gasteiger partial charge in [0.1, 0.15) is 29.4 Å². The van der Waals surface area contributed by atoms with Gasteiger partial charge in [0, 0.05) is 41.7 Å². The van der Waals surface area contributed by atoms with Gasteiger partial charge in [-0.15, -0.1) is 0 Å². The first-order valence-electron chi connectivity index (χ1n) is 10.5. The molecule has 0 radical (unpaired) electrons. The van der Waals surface area contributed by atoms with Gasteiger partial charge >= 0.3 is 6.18 Å². The lowest BCUT2D eigenvalue weighted by Crippen LogP contribution is -2.10. The Morgan fingerprint density at radius 2 is 1.78 bits per heavy atom. The van der Waals surface area contributed by atoms with Gasteiger partial charge in [-0.1, -0.05) is 6.92 Å². The largest absolute Gasteiger partial charge is 0.451 e. The van der Waals surface area contributed by atoms with Crippen LogP contribution in [0.1, 0.15) is 35.5 Å². The van der Waals surface area contributed by atoms with E-state index >= 15 is 0 Å². The summed E-state index contributed by atoms with van der Waals surface area (Å²) in [4.78, 5) is 10.7. The number of nitrogen functional groups attached to an aromatic ring is 1. The molecule has 0 spiro atoms. The summed E-state index contributed by atoms with van der Waals surface area (Å²) in [5.74, 6) is -3.51. The molecular weight excluding hydrogens is 497 g/mol. The molecular formula is C23H14F5N9. The summed E-state index contributed by atoms with van der Waals surface area (Å²) < 4.78 is 69.1. The smallest absolute Gasteiger partial charge is 0.382 e. The van der Waals surface area contributed by atoms with Gasteiger partial charge in [0.2, 0.25) is 5.82 Å². The summed E-state index contributed by atoms with van der Waals surface area (Å²) in [6.07, 6.45) is 1.27. The van der Waals surface area contributed by atoms with Gasteiger partial charge in [-0.3, -0.25) is 0 Å². The van der Waals surface area contributed by atoms with E-state index in [9.17, 15) is 27.2 Å². The van der Waals surface area contributed by atoms with Gasteiger partial charge in [0.15, 0.2) is 11.6 Å². The number of benzene rings is 1. The van der Waals surface area contributed by atoms with Gasteiger partial charge < -0.3 is 5.73 Å². The third-order valence-electron chi connectivity index (χ3n) is 5.76. The molecule has 0 bridgehead atoms. The Morgan fingerprint density at radius 1 is 1.05 bits per heavy atom. The molecule has 0 aliphatic heterocycles. The predicted molar refractivity (Wildman–Crippen MR) is 119 cm³/mol. The number of aromatic nitrogens is 7. The Labute approximate surface area is 204 Å². The molecule has 0 saturated carbocycles.